The molecule has 3 aromatic rings. The lowest BCUT2D eigenvalue weighted by Gasteiger charge is -2.29. The van der Waals surface area contributed by atoms with E-state index in [9.17, 15) is 0 Å². The number of aromatic nitrogens is 1. The van der Waals surface area contributed by atoms with E-state index in [1.807, 2.05) is 18.3 Å². The van der Waals surface area contributed by atoms with E-state index < -0.39 is 0 Å². The minimum absolute atomic E-state index is 0.402. The number of nitrogen functional groups attached to an aromatic ring is 1. The molecule has 0 bridgehead atoms. The molecule has 1 aromatic carbocycles. The van der Waals surface area contributed by atoms with Crippen LogP contribution in [-0.2, 0) is 6.54 Å². The second kappa shape index (κ2) is 5.74. The number of nitrogens with two attached hydrogens (primary N) is 1. The van der Waals surface area contributed by atoms with Crippen LogP contribution in [0, 0.1) is 0 Å². The molecule has 3 rings (SSSR count). The molecule has 0 aliphatic carbocycles. The van der Waals surface area contributed by atoms with Crippen molar-refractivity contribution in [1.29, 1.82) is 0 Å². The molecule has 0 unspecified atom stereocenters. The van der Waals surface area contributed by atoms with Gasteiger partial charge in [0.1, 0.15) is 0 Å². The van der Waals surface area contributed by atoms with Crippen molar-refractivity contribution < 1.29 is 0 Å². The van der Waals surface area contributed by atoms with Crippen molar-refractivity contribution in [2.75, 3.05) is 10.6 Å². The average Bonchev–Trinajstić information content (AvgIpc) is 2.98. The number of thiophene rings is 1. The summed E-state index contributed by atoms with van der Waals surface area (Å²) in [5, 5.41) is 3.24. The zero-order valence-electron chi connectivity index (χ0n) is 12.3. The quantitative estimate of drug-likeness (QED) is 0.730. The molecule has 0 radical (unpaired) electrons. The molecule has 0 atom stereocenters. The molecule has 0 saturated carbocycles. The van der Waals surface area contributed by atoms with Crippen LogP contribution in [0.3, 0.4) is 0 Å². The Kier molecular flexibility index (Phi) is 3.80. The van der Waals surface area contributed by atoms with Gasteiger partial charge in [-0.15, -0.1) is 11.3 Å². The Hall–Kier alpha value is -2.07. The number of hydrogen-bond acceptors (Lipinski definition) is 4. The first-order valence-corrected chi connectivity index (χ1v) is 7.97. The molecule has 2 aromatic heterocycles. The largest absolute Gasteiger partial charge is 0.397 e. The highest BCUT2D eigenvalue weighted by Gasteiger charge is 2.15. The zero-order chi connectivity index (χ0) is 14.8. The number of rotatable bonds is 4. The van der Waals surface area contributed by atoms with Gasteiger partial charge < -0.3 is 10.6 Å². The van der Waals surface area contributed by atoms with Gasteiger partial charge in [0.15, 0.2) is 0 Å². The Bertz CT molecular complexity index is 735. The van der Waals surface area contributed by atoms with Gasteiger partial charge in [-0.2, -0.15) is 0 Å². The fraction of sp³-hybridized carbons (Fsp3) is 0.235. The lowest BCUT2D eigenvalue weighted by atomic mass is 10.1. The van der Waals surface area contributed by atoms with Crippen LogP contribution < -0.4 is 10.6 Å². The van der Waals surface area contributed by atoms with Crippen molar-refractivity contribution in [3.63, 3.8) is 0 Å². The number of pyridine rings is 1. The van der Waals surface area contributed by atoms with Crippen molar-refractivity contribution in [3.05, 3.63) is 52.9 Å². The third-order valence-corrected chi connectivity index (χ3v) is 4.48. The van der Waals surface area contributed by atoms with Crippen LogP contribution in [0.25, 0.3) is 10.9 Å². The average molecular weight is 297 g/mol. The second-order valence-corrected chi connectivity index (χ2v) is 6.41. The number of hydrogen-bond donors (Lipinski definition) is 1. The number of nitrogens with zero attached hydrogens (tertiary/aromatic N) is 2. The Morgan fingerprint density at radius 3 is 2.76 bits per heavy atom. The smallest absolute Gasteiger partial charge is 0.0951 e. The zero-order valence-corrected chi connectivity index (χ0v) is 13.1. The Labute approximate surface area is 129 Å². The maximum absolute atomic E-state index is 6.06. The van der Waals surface area contributed by atoms with Gasteiger partial charge in [0.05, 0.1) is 17.7 Å². The molecule has 0 saturated heterocycles. The van der Waals surface area contributed by atoms with E-state index in [1.165, 1.54) is 10.6 Å². The van der Waals surface area contributed by atoms with E-state index in [0.717, 1.165) is 23.1 Å². The van der Waals surface area contributed by atoms with Crippen LogP contribution in [-0.4, -0.2) is 11.0 Å². The van der Waals surface area contributed by atoms with Crippen LogP contribution in [0.15, 0.2) is 48.0 Å². The number of para-hydroxylation sites is 1. The van der Waals surface area contributed by atoms with Crippen LogP contribution >= 0.6 is 11.3 Å². The summed E-state index contributed by atoms with van der Waals surface area (Å²) >= 11 is 1.79. The first-order valence-electron chi connectivity index (χ1n) is 7.09. The molecule has 0 aliphatic heterocycles. The predicted molar refractivity (Wildman–Crippen MR) is 91.8 cm³/mol. The minimum Gasteiger partial charge on any atom is -0.397 e. The summed E-state index contributed by atoms with van der Waals surface area (Å²) in [4.78, 5) is 8.19. The number of benzene rings is 1. The molecule has 3 nitrogen and oxygen atoms in total. The van der Waals surface area contributed by atoms with E-state index in [0.29, 0.717) is 6.04 Å². The third-order valence-electron chi connectivity index (χ3n) is 3.62. The molecule has 21 heavy (non-hydrogen) atoms. The summed E-state index contributed by atoms with van der Waals surface area (Å²) in [6.07, 6.45) is 1.85. The third kappa shape index (κ3) is 2.72. The normalized spacial score (nSPS) is 11.2. The first kappa shape index (κ1) is 13.9. The summed E-state index contributed by atoms with van der Waals surface area (Å²) in [7, 11) is 0. The highest BCUT2D eigenvalue weighted by atomic mass is 32.1. The molecule has 0 amide bonds. The van der Waals surface area contributed by atoms with Crippen molar-refractivity contribution in [1.82, 2.24) is 4.98 Å². The lowest BCUT2D eigenvalue weighted by molar-refractivity contribution is 0.689. The molecular formula is C17H19N3S. The monoisotopic (exact) mass is 297 g/mol. The summed E-state index contributed by atoms with van der Waals surface area (Å²) < 4.78 is 0. The fourth-order valence-electron chi connectivity index (χ4n) is 2.55. The Balaban J connectivity index is 2.09. The fourth-order valence-corrected chi connectivity index (χ4v) is 3.25. The predicted octanol–water partition coefficient (Wildman–Crippen LogP) is 4.29. The van der Waals surface area contributed by atoms with Crippen molar-refractivity contribution >= 4 is 33.6 Å². The van der Waals surface area contributed by atoms with E-state index in [2.05, 4.69) is 53.4 Å². The molecule has 0 spiro atoms. The summed E-state index contributed by atoms with van der Waals surface area (Å²) in [6.45, 7) is 5.33. The van der Waals surface area contributed by atoms with Gasteiger partial charge in [-0.3, -0.25) is 4.98 Å². The van der Waals surface area contributed by atoms with Crippen molar-refractivity contribution in [2.24, 2.45) is 0 Å². The number of fused-ring (bicyclic) bond motifs is 1. The summed E-state index contributed by atoms with van der Waals surface area (Å²) in [6, 6.07) is 12.7. The van der Waals surface area contributed by atoms with Gasteiger partial charge in [-0.1, -0.05) is 18.2 Å². The molecule has 4 heteroatoms. The van der Waals surface area contributed by atoms with Crippen molar-refractivity contribution in [3.8, 4) is 0 Å². The highest BCUT2D eigenvalue weighted by molar-refractivity contribution is 7.09. The molecule has 2 heterocycles. The first-order chi connectivity index (χ1) is 10.2. The maximum atomic E-state index is 6.06. The second-order valence-electron chi connectivity index (χ2n) is 5.37. The highest BCUT2D eigenvalue weighted by Crippen LogP contribution is 2.31. The summed E-state index contributed by atoms with van der Waals surface area (Å²) in [5.74, 6) is 0. The van der Waals surface area contributed by atoms with Gasteiger partial charge in [-0.25, -0.2) is 0 Å². The van der Waals surface area contributed by atoms with E-state index >= 15 is 0 Å². The van der Waals surface area contributed by atoms with Gasteiger partial charge in [0, 0.05) is 28.2 Å². The van der Waals surface area contributed by atoms with E-state index in [1.54, 1.807) is 11.3 Å². The lowest BCUT2D eigenvalue weighted by Crippen LogP contribution is -2.30. The van der Waals surface area contributed by atoms with Gasteiger partial charge >= 0.3 is 0 Å². The summed E-state index contributed by atoms with van der Waals surface area (Å²) in [5.41, 5.74) is 8.86. The molecular weight excluding hydrogens is 278 g/mol. The molecule has 0 fully saturated rings. The number of anilines is 2. The molecule has 108 valence electrons. The molecule has 2 N–H and O–H groups in total. The van der Waals surface area contributed by atoms with E-state index in [4.69, 9.17) is 5.73 Å². The van der Waals surface area contributed by atoms with Gasteiger partial charge in [0.25, 0.3) is 0 Å². The van der Waals surface area contributed by atoms with Gasteiger partial charge in [-0.05, 0) is 37.4 Å². The minimum atomic E-state index is 0.402. The topological polar surface area (TPSA) is 42.2 Å². The van der Waals surface area contributed by atoms with Crippen molar-refractivity contribution in [2.45, 2.75) is 26.4 Å². The maximum Gasteiger partial charge on any atom is 0.0951 e. The SMILES string of the molecule is CC(C)N(Cc1cccs1)c1ccnc2c(N)cccc12. The van der Waals surface area contributed by atoms with Crippen LogP contribution in [0.4, 0.5) is 11.4 Å². The van der Waals surface area contributed by atoms with Gasteiger partial charge in [0.2, 0.25) is 0 Å². The Morgan fingerprint density at radius 2 is 2.05 bits per heavy atom. The van der Waals surface area contributed by atoms with E-state index in [-0.39, 0.29) is 0 Å². The van der Waals surface area contributed by atoms with Crippen LogP contribution in [0.5, 0.6) is 0 Å². The van der Waals surface area contributed by atoms with Crippen LogP contribution in [0.1, 0.15) is 18.7 Å². The Morgan fingerprint density at radius 1 is 1.19 bits per heavy atom. The standard InChI is InChI=1S/C17H19N3S/c1-12(2)20(11-13-5-4-10-21-13)16-8-9-19-17-14(16)6-3-7-15(17)18/h3-10,12H,11,18H2,1-2H3. The molecule has 0 aliphatic rings. The van der Waals surface area contributed by atoms with Crippen LogP contribution in [0.2, 0.25) is 0 Å².